The molecule has 0 saturated heterocycles. The minimum Gasteiger partial charge on any atom is -0.486 e. The number of ether oxygens (including phenoxy) is 2. The number of nitrogens with two attached hydrogens (primary N) is 1. The van der Waals surface area contributed by atoms with Gasteiger partial charge in [-0.25, -0.2) is 9.97 Å². The number of hydrogen-bond acceptors (Lipinski definition) is 5. The molecular weight excluding hydrogens is 242 g/mol. The minimum atomic E-state index is -0.294. The molecule has 2 N–H and O–H groups in total. The molecule has 0 fully saturated rings. The number of hydrogen-bond donors (Lipinski definition) is 1. The second kappa shape index (κ2) is 4.85. The zero-order valence-corrected chi connectivity index (χ0v) is 10.7. The summed E-state index contributed by atoms with van der Waals surface area (Å²) in [6.07, 6.45) is 1.72. The fraction of sp³-hybridized carbons (Fsp3) is 0.286. The van der Waals surface area contributed by atoms with Gasteiger partial charge in [0.1, 0.15) is 19.0 Å². The third-order valence-corrected chi connectivity index (χ3v) is 3.04. The number of fused-ring (bicyclic) bond motifs is 1. The van der Waals surface area contributed by atoms with Crippen LogP contribution in [-0.2, 0) is 0 Å². The highest BCUT2D eigenvalue weighted by Gasteiger charge is 2.16. The molecule has 0 amide bonds. The Morgan fingerprint density at radius 1 is 1.16 bits per heavy atom. The van der Waals surface area contributed by atoms with Gasteiger partial charge in [-0.2, -0.15) is 0 Å². The van der Waals surface area contributed by atoms with Crippen LogP contribution in [0.4, 0.5) is 0 Å². The smallest absolute Gasteiger partial charge is 0.161 e. The molecule has 1 aliphatic rings. The lowest BCUT2D eigenvalue weighted by atomic mass is 10.0. The van der Waals surface area contributed by atoms with E-state index in [2.05, 4.69) is 9.97 Å². The van der Waals surface area contributed by atoms with E-state index >= 15 is 0 Å². The summed E-state index contributed by atoms with van der Waals surface area (Å²) >= 11 is 0. The number of aryl methyl sites for hydroxylation is 1. The van der Waals surface area contributed by atoms with Gasteiger partial charge in [0, 0.05) is 6.20 Å². The molecule has 1 aliphatic heterocycles. The molecule has 0 bridgehead atoms. The first-order chi connectivity index (χ1) is 9.24. The van der Waals surface area contributed by atoms with Crippen molar-refractivity contribution in [3.63, 3.8) is 0 Å². The van der Waals surface area contributed by atoms with Gasteiger partial charge in [-0.1, -0.05) is 6.07 Å². The molecule has 1 unspecified atom stereocenters. The van der Waals surface area contributed by atoms with E-state index in [0.29, 0.717) is 19.0 Å². The van der Waals surface area contributed by atoms with Crippen molar-refractivity contribution in [3.8, 4) is 11.5 Å². The largest absolute Gasteiger partial charge is 0.486 e. The number of nitrogens with zero attached hydrogens (tertiary/aromatic N) is 2. The Labute approximate surface area is 111 Å². The molecule has 0 spiro atoms. The molecule has 0 saturated carbocycles. The SMILES string of the molecule is Cc1nccc(C(N)c2ccc3c(c2)OCCO3)n1. The molecule has 0 radical (unpaired) electrons. The summed E-state index contributed by atoms with van der Waals surface area (Å²) in [5.41, 5.74) is 7.97. The topological polar surface area (TPSA) is 70.3 Å². The standard InChI is InChI=1S/C14H15N3O2/c1-9-16-5-4-11(17-9)14(15)10-2-3-12-13(8-10)19-7-6-18-12/h2-5,8,14H,6-7,15H2,1H3. The molecule has 5 nitrogen and oxygen atoms in total. The summed E-state index contributed by atoms with van der Waals surface area (Å²) < 4.78 is 11.1. The Bertz CT molecular complexity index is 601. The van der Waals surface area contributed by atoms with Gasteiger partial charge in [-0.05, 0) is 30.7 Å². The van der Waals surface area contributed by atoms with Gasteiger partial charge in [0.15, 0.2) is 11.5 Å². The van der Waals surface area contributed by atoms with E-state index in [-0.39, 0.29) is 6.04 Å². The average Bonchev–Trinajstić information content (AvgIpc) is 2.46. The first kappa shape index (κ1) is 11.9. The van der Waals surface area contributed by atoms with Crippen LogP contribution in [0.15, 0.2) is 30.5 Å². The van der Waals surface area contributed by atoms with E-state index in [1.54, 1.807) is 6.20 Å². The van der Waals surface area contributed by atoms with E-state index < -0.39 is 0 Å². The summed E-state index contributed by atoms with van der Waals surface area (Å²) in [6.45, 7) is 3.00. The van der Waals surface area contributed by atoms with E-state index in [0.717, 1.165) is 22.8 Å². The minimum absolute atomic E-state index is 0.294. The summed E-state index contributed by atoms with van der Waals surface area (Å²) in [7, 11) is 0. The van der Waals surface area contributed by atoms with Crippen molar-refractivity contribution < 1.29 is 9.47 Å². The predicted molar refractivity (Wildman–Crippen MR) is 70.2 cm³/mol. The van der Waals surface area contributed by atoms with Gasteiger partial charge < -0.3 is 15.2 Å². The fourth-order valence-electron chi connectivity index (χ4n) is 2.07. The van der Waals surface area contributed by atoms with Gasteiger partial charge in [-0.15, -0.1) is 0 Å². The van der Waals surface area contributed by atoms with Gasteiger partial charge in [0.25, 0.3) is 0 Å². The first-order valence-corrected chi connectivity index (χ1v) is 6.19. The van der Waals surface area contributed by atoms with Crippen LogP contribution in [0, 0.1) is 6.92 Å². The summed E-state index contributed by atoms with van der Waals surface area (Å²) in [6, 6.07) is 7.27. The third kappa shape index (κ3) is 2.37. The monoisotopic (exact) mass is 257 g/mol. The third-order valence-electron chi connectivity index (χ3n) is 3.04. The molecule has 0 aliphatic carbocycles. The van der Waals surface area contributed by atoms with Gasteiger partial charge in [0.2, 0.25) is 0 Å². The maximum Gasteiger partial charge on any atom is 0.161 e. The van der Waals surface area contributed by atoms with E-state index in [1.165, 1.54) is 0 Å². The highest BCUT2D eigenvalue weighted by Crippen LogP contribution is 2.33. The van der Waals surface area contributed by atoms with Crippen molar-refractivity contribution in [1.82, 2.24) is 9.97 Å². The second-order valence-electron chi connectivity index (χ2n) is 4.41. The summed E-state index contributed by atoms with van der Waals surface area (Å²) in [5.74, 6) is 2.22. The fourth-order valence-corrected chi connectivity index (χ4v) is 2.07. The Balaban J connectivity index is 1.93. The summed E-state index contributed by atoms with van der Waals surface area (Å²) in [5, 5.41) is 0. The Morgan fingerprint density at radius 2 is 1.95 bits per heavy atom. The van der Waals surface area contributed by atoms with Crippen molar-refractivity contribution in [2.75, 3.05) is 13.2 Å². The lowest BCUT2D eigenvalue weighted by molar-refractivity contribution is 0.171. The Hall–Kier alpha value is -2.14. The molecule has 1 atom stereocenters. The lowest BCUT2D eigenvalue weighted by Gasteiger charge is -2.20. The van der Waals surface area contributed by atoms with Gasteiger partial charge in [0.05, 0.1) is 11.7 Å². The zero-order chi connectivity index (χ0) is 13.2. The molecule has 3 rings (SSSR count). The average molecular weight is 257 g/mol. The first-order valence-electron chi connectivity index (χ1n) is 6.19. The van der Waals surface area contributed by atoms with Crippen LogP contribution in [0.1, 0.15) is 23.1 Å². The van der Waals surface area contributed by atoms with Crippen molar-refractivity contribution in [2.24, 2.45) is 5.73 Å². The van der Waals surface area contributed by atoms with Crippen LogP contribution in [0.3, 0.4) is 0 Å². The van der Waals surface area contributed by atoms with Crippen LogP contribution in [0.25, 0.3) is 0 Å². The van der Waals surface area contributed by atoms with Crippen molar-refractivity contribution >= 4 is 0 Å². The summed E-state index contributed by atoms with van der Waals surface area (Å²) in [4.78, 5) is 8.43. The van der Waals surface area contributed by atoms with Crippen molar-refractivity contribution in [1.29, 1.82) is 0 Å². The van der Waals surface area contributed by atoms with Crippen molar-refractivity contribution in [2.45, 2.75) is 13.0 Å². The molecular formula is C14H15N3O2. The van der Waals surface area contributed by atoms with Crippen LogP contribution in [0.2, 0.25) is 0 Å². The Morgan fingerprint density at radius 3 is 2.74 bits per heavy atom. The zero-order valence-electron chi connectivity index (χ0n) is 10.7. The van der Waals surface area contributed by atoms with E-state index in [4.69, 9.17) is 15.2 Å². The van der Waals surface area contributed by atoms with Crippen LogP contribution >= 0.6 is 0 Å². The Kier molecular flexibility index (Phi) is 3.05. The molecule has 2 heterocycles. The molecule has 19 heavy (non-hydrogen) atoms. The lowest BCUT2D eigenvalue weighted by Crippen LogP contribution is -2.18. The normalized spacial score (nSPS) is 15.1. The molecule has 5 heteroatoms. The van der Waals surface area contributed by atoms with Crippen LogP contribution in [0.5, 0.6) is 11.5 Å². The molecule has 1 aromatic carbocycles. The number of benzene rings is 1. The quantitative estimate of drug-likeness (QED) is 0.885. The highest BCUT2D eigenvalue weighted by molar-refractivity contribution is 5.45. The van der Waals surface area contributed by atoms with Gasteiger partial charge in [-0.3, -0.25) is 0 Å². The predicted octanol–water partition coefficient (Wildman–Crippen LogP) is 1.60. The maximum absolute atomic E-state index is 6.23. The van der Waals surface area contributed by atoms with Crippen LogP contribution < -0.4 is 15.2 Å². The van der Waals surface area contributed by atoms with E-state index in [9.17, 15) is 0 Å². The van der Waals surface area contributed by atoms with Crippen LogP contribution in [-0.4, -0.2) is 23.2 Å². The molecule has 1 aromatic heterocycles. The maximum atomic E-state index is 6.23. The molecule has 98 valence electrons. The van der Waals surface area contributed by atoms with Gasteiger partial charge >= 0.3 is 0 Å². The molecule has 2 aromatic rings. The number of aromatic nitrogens is 2. The number of rotatable bonds is 2. The van der Waals surface area contributed by atoms with Crippen molar-refractivity contribution in [3.05, 3.63) is 47.5 Å². The highest BCUT2D eigenvalue weighted by atomic mass is 16.6. The van der Waals surface area contributed by atoms with E-state index in [1.807, 2.05) is 31.2 Å². The second-order valence-corrected chi connectivity index (χ2v) is 4.41.